The Morgan fingerprint density at radius 1 is 0.958 bits per heavy atom. The number of hydrogen-bond donors (Lipinski definition) is 1. The summed E-state index contributed by atoms with van der Waals surface area (Å²) >= 11 is 12.5. The van der Waals surface area contributed by atoms with Gasteiger partial charge in [0.15, 0.2) is 0 Å². The van der Waals surface area contributed by atoms with Gasteiger partial charge in [-0.05, 0) is 55.6 Å². The summed E-state index contributed by atoms with van der Waals surface area (Å²) in [5.41, 5.74) is 7.19. The maximum atomic E-state index is 6.37. The molecule has 2 unspecified atom stereocenters. The first-order chi connectivity index (χ1) is 11.6. The fourth-order valence-corrected chi connectivity index (χ4v) is 5.63. The first kappa shape index (κ1) is 17.0. The van der Waals surface area contributed by atoms with E-state index >= 15 is 0 Å². The van der Waals surface area contributed by atoms with Crippen LogP contribution in [0.2, 0.25) is 10.0 Å². The summed E-state index contributed by atoms with van der Waals surface area (Å²) in [5.74, 6) is 2.71. The monoisotopic (exact) mass is 367 g/mol. The van der Waals surface area contributed by atoms with E-state index in [-0.39, 0.29) is 0 Å². The second kappa shape index (κ2) is 7.03. The average molecular weight is 368 g/mol. The summed E-state index contributed by atoms with van der Waals surface area (Å²) in [4.78, 5) is 5.01. The molecular weight excluding hydrogens is 341 g/mol. The summed E-state index contributed by atoms with van der Waals surface area (Å²) in [7, 11) is 0. The van der Waals surface area contributed by atoms with Crippen LogP contribution in [-0.4, -0.2) is 43.7 Å². The van der Waals surface area contributed by atoms with Gasteiger partial charge in [-0.3, -0.25) is 4.90 Å². The van der Waals surface area contributed by atoms with Crippen LogP contribution in [0.1, 0.15) is 25.7 Å². The number of halogens is 2. The van der Waals surface area contributed by atoms with Crippen molar-refractivity contribution in [3.63, 3.8) is 0 Å². The molecular formula is C19H27Cl2N3. The van der Waals surface area contributed by atoms with Crippen LogP contribution in [-0.2, 0) is 0 Å². The van der Waals surface area contributed by atoms with Crippen LogP contribution >= 0.6 is 23.2 Å². The van der Waals surface area contributed by atoms with E-state index < -0.39 is 0 Å². The lowest BCUT2D eigenvalue weighted by molar-refractivity contribution is 0.214. The second-order valence-corrected chi connectivity index (χ2v) is 8.73. The summed E-state index contributed by atoms with van der Waals surface area (Å²) in [6.07, 6.45) is 5.34. The number of piperazine rings is 1. The van der Waals surface area contributed by atoms with Crippen LogP contribution in [0, 0.1) is 17.8 Å². The zero-order chi connectivity index (χ0) is 16.7. The zero-order valence-corrected chi connectivity index (χ0v) is 15.6. The van der Waals surface area contributed by atoms with Gasteiger partial charge in [-0.1, -0.05) is 29.3 Å². The second-order valence-electron chi connectivity index (χ2n) is 7.95. The van der Waals surface area contributed by atoms with Gasteiger partial charge >= 0.3 is 0 Å². The van der Waals surface area contributed by atoms with Gasteiger partial charge in [0, 0.05) is 38.8 Å². The number of nitrogens with two attached hydrogens (primary N) is 1. The maximum Gasteiger partial charge on any atom is 0.0825 e. The molecule has 1 saturated heterocycles. The van der Waals surface area contributed by atoms with Crippen molar-refractivity contribution in [1.82, 2.24) is 4.90 Å². The lowest BCUT2D eigenvalue weighted by Gasteiger charge is -2.37. The van der Waals surface area contributed by atoms with E-state index in [1.54, 1.807) is 0 Å². The van der Waals surface area contributed by atoms with E-state index in [2.05, 4.69) is 15.9 Å². The molecule has 0 amide bonds. The van der Waals surface area contributed by atoms with Crippen molar-refractivity contribution in [2.75, 3.05) is 37.6 Å². The molecule has 1 aromatic rings. The van der Waals surface area contributed by atoms with E-state index in [1.165, 1.54) is 32.2 Å². The van der Waals surface area contributed by atoms with Crippen LogP contribution in [0.15, 0.2) is 18.2 Å². The SMILES string of the molecule is NC1CC2CC(CN3CCN(c4cccc(Cl)c4Cl)CC3)CC2C1. The third kappa shape index (κ3) is 3.41. The Bertz CT molecular complexity index is 572. The van der Waals surface area contributed by atoms with Gasteiger partial charge in [0.2, 0.25) is 0 Å². The van der Waals surface area contributed by atoms with Crippen molar-refractivity contribution in [3.05, 3.63) is 28.2 Å². The van der Waals surface area contributed by atoms with E-state index in [4.69, 9.17) is 28.9 Å². The van der Waals surface area contributed by atoms with Crippen LogP contribution < -0.4 is 10.6 Å². The van der Waals surface area contributed by atoms with Gasteiger partial charge in [0.05, 0.1) is 15.7 Å². The van der Waals surface area contributed by atoms with Crippen molar-refractivity contribution >= 4 is 28.9 Å². The molecule has 2 saturated carbocycles. The van der Waals surface area contributed by atoms with Gasteiger partial charge in [-0.2, -0.15) is 0 Å². The molecule has 1 aromatic carbocycles. The number of anilines is 1. The lowest BCUT2D eigenvalue weighted by atomic mass is 10.0. The third-order valence-corrected chi connectivity index (χ3v) is 7.12. The number of nitrogens with zero attached hydrogens (tertiary/aromatic N) is 2. The Labute approximate surface area is 155 Å². The molecule has 5 heteroatoms. The highest BCUT2D eigenvalue weighted by Crippen LogP contribution is 2.46. The average Bonchev–Trinajstić information content (AvgIpc) is 3.07. The molecule has 24 heavy (non-hydrogen) atoms. The van der Waals surface area contributed by atoms with Crippen molar-refractivity contribution < 1.29 is 0 Å². The van der Waals surface area contributed by atoms with Gasteiger partial charge in [-0.15, -0.1) is 0 Å². The Hall–Kier alpha value is -0.480. The first-order valence-electron chi connectivity index (χ1n) is 9.27. The van der Waals surface area contributed by atoms with E-state index in [0.29, 0.717) is 16.1 Å². The molecule has 1 heterocycles. The van der Waals surface area contributed by atoms with Gasteiger partial charge in [-0.25, -0.2) is 0 Å². The minimum absolute atomic E-state index is 0.479. The Morgan fingerprint density at radius 2 is 1.62 bits per heavy atom. The third-order valence-electron chi connectivity index (χ3n) is 6.31. The molecule has 0 spiro atoms. The minimum Gasteiger partial charge on any atom is -0.368 e. The largest absolute Gasteiger partial charge is 0.368 e. The molecule has 3 aliphatic rings. The maximum absolute atomic E-state index is 6.37. The van der Waals surface area contributed by atoms with Crippen molar-refractivity contribution in [1.29, 1.82) is 0 Å². The van der Waals surface area contributed by atoms with Gasteiger partial charge in [0.25, 0.3) is 0 Å². The highest BCUT2D eigenvalue weighted by Gasteiger charge is 2.40. The molecule has 2 N–H and O–H groups in total. The Kier molecular flexibility index (Phi) is 4.97. The van der Waals surface area contributed by atoms with Crippen LogP contribution in [0.3, 0.4) is 0 Å². The van der Waals surface area contributed by atoms with Gasteiger partial charge in [0.1, 0.15) is 0 Å². The number of benzene rings is 1. The standard InChI is InChI=1S/C19H27Cl2N3/c20-17-2-1-3-18(19(17)21)24-6-4-23(5-7-24)12-13-8-14-10-16(22)11-15(14)9-13/h1-3,13-16H,4-12,22H2. The Balaban J connectivity index is 1.29. The number of rotatable bonds is 3. The molecule has 0 radical (unpaired) electrons. The van der Waals surface area contributed by atoms with Gasteiger partial charge < -0.3 is 10.6 Å². The molecule has 1 aliphatic heterocycles. The zero-order valence-electron chi connectivity index (χ0n) is 14.1. The van der Waals surface area contributed by atoms with Crippen molar-refractivity contribution in [2.45, 2.75) is 31.7 Å². The molecule has 132 valence electrons. The summed E-state index contributed by atoms with van der Waals surface area (Å²) in [5, 5.41) is 1.33. The van der Waals surface area contributed by atoms with E-state index in [9.17, 15) is 0 Å². The smallest absolute Gasteiger partial charge is 0.0825 e. The van der Waals surface area contributed by atoms with Crippen molar-refractivity contribution in [2.24, 2.45) is 23.5 Å². The summed E-state index contributed by atoms with van der Waals surface area (Å²) in [6, 6.07) is 6.39. The molecule has 4 rings (SSSR count). The van der Waals surface area contributed by atoms with E-state index in [1.807, 2.05) is 12.1 Å². The fraction of sp³-hybridized carbons (Fsp3) is 0.684. The topological polar surface area (TPSA) is 32.5 Å². The summed E-state index contributed by atoms with van der Waals surface area (Å²) in [6.45, 7) is 5.57. The Morgan fingerprint density at radius 3 is 2.29 bits per heavy atom. The van der Waals surface area contributed by atoms with Crippen LogP contribution in [0.4, 0.5) is 5.69 Å². The molecule has 2 aliphatic carbocycles. The first-order valence-corrected chi connectivity index (χ1v) is 10.0. The number of fused-ring (bicyclic) bond motifs is 1. The fourth-order valence-electron chi connectivity index (χ4n) is 5.21. The molecule has 2 atom stereocenters. The van der Waals surface area contributed by atoms with E-state index in [0.717, 1.165) is 49.6 Å². The van der Waals surface area contributed by atoms with Crippen LogP contribution in [0.5, 0.6) is 0 Å². The normalized spacial score (nSPS) is 33.9. The quantitative estimate of drug-likeness (QED) is 0.879. The minimum atomic E-state index is 0.479. The lowest BCUT2D eigenvalue weighted by Crippen LogP contribution is -2.47. The molecule has 0 aromatic heterocycles. The molecule has 3 nitrogen and oxygen atoms in total. The van der Waals surface area contributed by atoms with Crippen molar-refractivity contribution in [3.8, 4) is 0 Å². The molecule has 0 bridgehead atoms. The summed E-state index contributed by atoms with van der Waals surface area (Å²) < 4.78 is 0. The predicted molar refractivity (Wildman–Crippen MR) is 102 cm³/mol. The molecule has 3 fully saturated rings. The number of hydrogen-bond acceptors (Lipinski definition) is 3. The highest BCUT2D eigenvalue weighted by atomic mass is 35.5. The highest BCUT2D eigenvalue weighted by molar-refractivity contribution is 6.43. The predicted octanol–water partition coefficient (Wildman–Crippen LogP) is 3.88. The van der Waals surface area contributed by atoms with Crippen LogP contribution in [0.25, 0.3) is 0 Å².